The van der Waals surface area contributed by atoms with Gasteiger partial charge in [-0.25, -0.2) is 4.98 Å². The van der Waals surface area contributed by atoms with Crippen molar-refractivity contribution in [3.05, 3.63) is 54.2 Å². The van der Waals surface area contributed by atoms with Gasteiger partial charge in [-0.1, -0.05) is 43.8 Å². The molecule has 0 bridgehead atoms. The van der Waals surface area contributed by atoms with Gasteiger partial charge in [0.1, 0.15) is 5.03 Å². The zero-order chi connectivity index (χ0) is 11.4. The van der Waals surface area contributed by atoms with Gasteiger partial charge in [0.05, 0.1) is 0 Å². The van der Waals surface area contributed by atoms with Crippen molar-refractivity contribution in [2.75, 3.05) is 0 Å². The summed E-state index contributed by atoms with van der Waals surface area (Å²) in [7, 11) is 0. The molecule has 16 heavy (non-hydrogen) atoms. The summed E-state index contributed by atoms with van der Waals surface area (Å²) in [6.45, 7) is 4.42. The van der Waals surface area contributed by atoms with E-state index in [0.717, 1.165) is 5.03 Å². The fraction of sp³-hybridized carbons (Fsp3) is 0.214. The average Bonchev–Trinajstić information content (AvgIpc) is 2.31. The van der Waals surface area contributed by atoms with Gasteiger partial charge in [-0.15, -0.1) is 0 Å². The Kier molecular flexibility index (Phi) is 3.62. The predicted octanol–water partition coefficient (Wildman–Crippen LogP) is 4.36. The Morgan fingerprint density at radius 3 is 2.31 bits per heavy atom. The normalized spacial score (nSPS) is 10.7. The largest absolute Gasteiger partial charge is 0.250 e. The predicted molar refractivity (Wildman–Crippen MR) is 68.9 cm³/mol. The molecular weight excluding hydrogens is 214 g/mol. The number of benzene rings is 1. The highest BCUT2D eigenvalue weighted by Gasteiger charge is 2.00. The first-order valence-corrected chi connectivity index (χ1v) is 6.26. The molecule has 82 valence electrons. The van der Waals surface area contributed by atoms with Gasteiger partial charge in [-0.2, -0.15) is 0 Å². The fourth-order valence-corrected chi connectivity index (χ4v) is 2.22. The maximum absolute atomic E-state index is 4.29. The van der Waals surface area contributed by atoms with Crippen LogP contribution in [0.5, 0.6) is 0 Å². The van der Waals surface area contributed by atoms with Crippen molar-refractivity contribution in [3.63, 3.8) is 0 Å². The molecule has 0 amide bonds. The Morgan fingerprint density at radius 1 is 1.00 bits per heavy atom. The summed E-state index contributed by atoms with van der Waals surface area (Å²) in [6, 6.07) is 14.7. The number of pyridine rings is 1. The highest BCUT2D eigenvalue weighted by atomic mass is 32.2. The minimum Gasteiger partial charge on any atom is -0.250 e. The third-order valence-corrected chi connectivity index (χ3v) is 3.37. The summed E-state index contributed by atoms with van der Waals surface area (Å²) in [6.07, 6.45) is 1.82. The van der Waals surface area contributed by atoms with Gasteiger partial charge in [0.15, 0.2) is 0 Å². The molecule has 0 atom stereocenters. The maximum Gasteiger partial charge on any atom is 0.101 e. The Bertz CT molecular complexity index is 434. The Morgan fingerprint density at radius 2 is 1.75 bits per heavy atom. The van der Waals surface area contributed by atoms with E-state index in [1.165, 1.54) is 10.5 Å². The van der Waals surface area contributed by atoms with E-state index >= 15 is 0 Å². The second-order valence-electron chi connectivity index (χ2n) is 3.99. The van der Waals surface area contributed by atoms with E-state index in [2.05, 4.69) is 43.1 Å². The van der Waals surface area contributed by atoms with Crippen molar-refractivity contribution >= 4 is 11.8 Å². The number of hydrogen-bond donors (Lipinski definition) is 0. The van der Waals surface area contributed by atoms with Crippen LogP contribution < -0.4 is 0 Å². The van der Waals surface area contributed by atoms with E-state index in [0.29, 0.717) is 5.92 Å². The summed E-state index contributed by atoms with van der Waals surface area (Å²) in [5.41, 5.74) is 1.38. The molecule has 2 heteroatoms. The summed E-state index contributed by atoms with van der Waals surface area (Å²) < 4.78 is 0. The standard InChI is InChI=1S/C14H15NS/c1-11(2)12-6-8-13(9-7-12)16-14-5-3-4-10-15-14/h3-11H,1-2H3. The van der Waals surface area contributed by atoms with Gasteiger partial charge in [0.25, 0.3) is 0 Å². The van der Waals surface area contributed by atoms with E-state index in [9.17, 15) is 0 Å². The lowest BCUT2D eigenvalue weighted by atomic mass is 10.0. The van der Waals surface area contributed by atoms with Gasteiger partial charge in [-0.05, 0) is 35.7 Å². The molecule has 0 saturated heterocycles. The molecule has 0 aliphatic carbocycles. The summed E-state index contributed by atoms with van der Waals surface area (Å²) in [4.78, 5) is 5.53. The minimum atomic E-state index is 0.592. The van der Waals surface area contributed by atoms with Crippen LogP contribution in [0.2, 0.25) is 0 Å². The summed E-state index contributed by atoms with van der Waals surface area (Å²) in [5.74, 6) is 0.592. The van der Waals surface area contributed by atoms with Gasteiger partial charge in [0, 0.05) is 11.1 Å². The Labute approximate surface area is 101 Å². The molecule has 2 aromatic rings. The Balaban J connectivity index is 2.11. The summed E-state index contributed by atoms with van der Waals surface area (Å²) in [5, 5.41) is 1.04. The molecule has 0 aliphatic heterocycles. The second kappa shape index (κ2) is 5.17. The van der Waals surface area contributed by atoms with Crippen LogP contribution in [0.25, 0.3) is 0 Å². The minimum absolute atomic E-state index is 0.592. The molecule has 0 saturated carbocycles. The van der Waals surface area contributed by atoms with Crippen LogP contribution >= 0.6 is 11.8 Å². The molecule has 1 aromatic carbocycles. The molecule has 0 fully saturated rings. The van der Waals surface area contributed by atoms with Crippen molar-refractivity contribution in [3.8, 4) is 0 Å². The fourth-order valence-electron chi connectivity index (χ4n) is 1.45. The summed E-state index contributed by atoms with van der Waals surface area (Å²) >= 11 is 1.70. The maximum atomic E-state index is 4.29. The van der Waals surface area contributed by atoms with Crippen LogP contribution in [-0.2, 0) is 0 Å². The lowest BCUT2D eigenvalue weighted by molar-refractivity contribution is 0.865. The molecule has 0 unspecified atom stereocenters. The smallest absolute Gasteiger partial charge is 0.101 e. The van der Waals surface area contributed by atoms with Crippen molar-refractivity contribution in [2.45, 2.75) is 29.7 Å². The highest BCUT2D eigenvalue weighted by Crippen LogP contribution is 2.26. The third kappa shape index (κ3) is 2.86. The Hall–Kier alpha value is -1.28. The van der Waals surface area contributed by atoms with Crippen LogP contribution in [0.1, 0.15) is 25.3 Å². The zero-order valence-electron chi connectivity index (χ0n) is 9.55. The van der Waals surface area contributed by atoms with Crippen LogP contribution in [0.15, 0.2) is 58.6 Å². The van der Waals surface area contributed by atoms with Gasteiger partial charge >= 0.3 is 0 Å². The quantitative estimate of drug-likeness (QED) is 0.775. The number of rotatable bonds is 3. The van der Waals surface area contributed by atoms with E-state index in [1.54, 1.807) is 11.8 Å². The second-order valence-corrected chi connectivity index (χ2v) is 5.09. The van der Waals surface area contributed by atoms with Crippen molar-refractivity contribution in [1.82, 2.24) is 4.98 Å². The van der Waals surface area contributed by atoms with Crippen LogP contribution in [0, 0.1) is 0 Å². The van der Waals surface area contributed by atoms with Crippen LogP contribution in [0.3, 0.4) is 0 Å². The number of aromatic nitrogens is 1. The van der Waals surface area contributed by atoms with Crippen LogP contribution in [-0.4, -0.2) is 4.98 Å². The zero-order valence-corrected chi connectivity index (χ0v) is 10.4. The molecule has 0 N–H and O–H groups in total. The topological polar surface area (TPSA) is 12.9 Å². The number of hydrogen-bond acceptors (Lipinski definition) is 2. The van der Waals surface area contributed by atoms with E-state index in [-0.39, 0.29) is 0 Å². The monoisotopic (exact) mass is 229 g/mol. The van der Waals surface area contributed by atoms with Crippen LogP contribution in [0.4, 0.5) is 0 Å². The first kappa shape index (κ1) is 11.2. The first-order valence-electron chi connectivity index (χ1n) is 5.44. The highest BCUT2D eigenvalue weighted by molar-refractivity contribution is 7.99. The molecule has 1 aromatic heterocycles. The lowest BCUT2D eigenvalue weighted by Crippen LogP contribution is -1.86. The van der Waals surface area contributed by atoms with Gasteiger partial charge < -0.3 is 0 Å². The molecule has 0 radical (unpaired) electrons. The average molecular weight is 229 g/mol. The first-order chi connectivity index (χ1) is 7.75. The van der Waals surface area contributed by atoms with E-state index in [4.69, 9.17) is 0 Å². The molecule has 0 aliphatic rings. The van der Waals surface area contributed by atoms with Crippen molar-refractivity contribution < 1.29 is 0 Å². The lowest BCUT2D eigenvalue weighted by Gasteiger charge is -2.06. The molecule has 1 nitrogen and oxygen atoms in total. The van der Waals surface area contributed by atoms with Crippen molar-refractivity contribution in [1.29, 1.82) is 0 Å². The van der Waals surface area contributed by atoms with E-state index in [1.807, 2.05) is 24.4 Å². The molecule has 0 spiro atoms. The number of nitrogens with zero attached hydrogens (tertiary/aromatic N) is 1. The SMILES string of the molecule is CC(C)c1ccc(Sc2ccccn2)cc1. The third-order valence-electron chi connectivity index (χ3n) is 2.41. The molecule has 1 heterocycles. The van der Waals surface area contributed by atoms with Gasteiger partial charge in [0.2, 0.25) is 0 Å². The molecular formula is C14H15NS. The molecule has 2 rings (SSSR count). The van der Waals surface area contributed by atoms with Crippen molar-refractivity contribution in [2.24, 2.45) is 0 Å². The van der Waals surface area contributed by atoms with Gasteiger partial charge in [-0.3, -0.25) is 0 Å². The van der Waals surface area contributed by atoms with E-state index < -0.39 is 0 Å².